The van der Waals surface area contributed by atoms with E-state index >= 15 is 0 Å². The number of rotatable bonds is 2. The third kappa shape index (κ3) is 9.49. The summed E-state index contributed by atoms with van der Waals surface area (Å²) in [6.07, 6.45) is 7.87. The number of hydrogen-bond donors (Lipinski definition) is 0. The van der Waals surface area contributed by atoms with Crippen molar-refractivity contribution in [2.75, 3.05) is 65.4 Å². The van der Waals surface area contributed by atoms with Crippen LogP contribution in [0.2, 0.25) is 0 Å². The van der Waals surface area contributed by atoms with Gasteiger partial charge in [0.1, 0.15) is 0 Å². The van der Waals surface area contributed by atoms with E-state index in [4.69, 9.17) is 0 Å². The van der Waals surface area contributed by atoms with Gasteiger partial charge in [0.15, 0.2) is 0 Å². The lowest BCUT2D eigenvalue weighted by atomic mass is 10.1. The average molecular weight is 459 g/mol. The molecule has 0 atom stereocenters. The minimum Gasteiger partial charge on any atom is -0.300 e. The zero-order valence-corrected chi connectivity index (χ0v) is 20.7. The van der Waals surface area contributed by atoms with E-state index in [1.807, 2.05) is 24.9 Å². The van der Waals surface area contributed by atoms with Crippen molar-refractivity contribution in [2.45, 2.75) is 13.8 Å². The zero-order chi connectivity index (χ0) is 23.8. The molecule has 2 aromatic carbocycles. The summed E-state index contributed by atoms with van der Waals surface area (Å²) in [6.45, 7) is 13.2. The summed E-state index contributed by atoms with van der Waals surface area (Å²) in [5.74, 6) is 0. The van der Waals surface area contributed by atoms with E-state index in [2.05, 4.69) is 92.1 Å². The molecule has 3 rings (SSSR count). The molecule has 0 aliphatic carbocycles. The molecule has 34 heavy (non-hydrogen) atoms. The van der Waals surface area contributed by atoms with Crippen LogP contribution in [0.5, 0.6) is 0 Å². The lowest BCUT2D eigenvalue weighted by Gasteiger charge is -2.17. The average Bonchev–Trinajstić information content (AvgIpc) is 2.87. The molecule has 180 valence electrons. The third-order valence-corrected chi connectivity index (χ3v) is 5.86. The van der Waals surface area contributed by atoms with E-state index in [1.54, 1.807) is 0 Å². The van der Waals surface area contributed by atoms with Crippen molar-refractivity contribution in [1.82, 2.24) is 9.80 Å². The first-order chi connectivity index (χ1) is 16.8. The Balaban J connectivity index is 1.69. The van der Waals surface area contributed by atoms with Crippen LogP contribution in [-0.2, 0) is 0 Å². The topological polar surface area (TPSA) is 55.9 Å². The Labute approximate surface area is 204 Å². The molecule has 6 nitrogen and oxygen atoms in total. The maximum atomic E-state index is 4.65. The second-order valence-electron chi connectivity index (χ2n) is 8.35. The first kappa shape index (κ1) is 25.7. The van der Waals surface area contributed by atoms with Gasteiger partial charge in [-0.05, 0) is 47.5 Å². The molecule has 2 aromatic rings. The number of hydrogen-bond acceptors (Lipinski definition) is 6. The van der Waals surface area contributed by atoms with Gasteiger partial charge in [0.05, 0.1) is 26.2 Å². The highest BCUT2D eigenvalue weighted by Crippen LogP contribution is 2.03. The van der Waals surface area contributed by atoms with Crippen molar-refractivity contribution in [3.8, 4) is 0 Å². The maximum absolute atomic E-state index is 4.65. The summed E-state index contributed by atoms with van der Waals surface area (Å²) >= 11 is 0. The van der Waals surface area contributed by atoms with Crippen molar-refractivity contribution >= 4 is 24.9 Å². The summed E-state index contributed by atoms with van der Waals surface area (Å²) in [6, 6.07) is 16.8. The fourth-order valence-electron chi connectivity index (χ4n) is 3.77. The summed E-state index contributed by atoms with van der Waals surface area (Å²) in [5.41, 5.74) is 4.45. The second-order valence-corrected chi connectivity index (χ2v) is 8.35. The normalized spacial score (nSPS) is 17.5. The molecule has 0 fully saturated rings. The van der Waals surface area contributed by atoms with Gasteiger partial charge >= 0.3 is 0 Å². The maximum Gasteiger partial charge on any atom is 0.0517 e. The van der Waals surface area contributed by atoms with Crippen molar-refractivity contribution in [2.24, 2.45) is 20.0 Å². The third-order valence-electron chi connectivity index (χ3n) is 5.86. The standard InChI is InChI=1S/C28H38N6/c1-3-33-15-11-29-21-25-7-5-9-27(19-25)23-31-13-17-34(4-2)18-14-32-24-28-10-6-8-26(20-28)22-30-12-16-33/h5-10,19-24H,3-4,11-18H2,1-2H3. The van der Waals surface area contributed by atoms with Gasteiger partial charge in [-0.3, -0.25) is 29.8 Å². The highest BCUT2D eigenvalue weighted by molar-refractivity contribution is 5.86. The SMILES string of the molecule is CCN1CCN=Cc2cccc(c2)C=NCCN(CC)CCN=Cc2cccc(c2)C=NCC1. The quantitative estimate of drug-likeness (QED) is 0.689. The van der Waals surface area contributed by atoms with Gasteiger partial charge in [0.2, 0.25) is 0 Å². The zero-order valence-electron chi connectivity index (χ0n) is 20.7. The summed E-state index contributed by atoms with van der Waals surface area (Å²) in [5, 5.41) is 0. The molecule has 0 N–H and O–H groups in total. The van der Waals surface area contributed by atoms with Crippen molar-refractivity contribution < 1.29 is 0 Å². The van der Waals surface area contributed by atoms with Crippen LogP contribution in [0.4, 0.5) is 0 Å². The fraction of sp³-hybridized carbons (Fsp3) is 0.429. The van der Waals surface area contributed by atoms with Crippen molar-refractivity contribution in [3.05, 3.63) is 70.8 Å². The van der Waals surface area contributed by atoms with Gasteiger partial charge in [-0.25, -0.2) is 0 Å². The van der Waals surface area contributed by atoms with Gasteiger partial charge < -0.3 is 0 Å². The number of aliphatic imine (C=N–C) groups is 4. The van der Waals surface area contributed by atoms with Crippen LogP contribution in [-0.4, -0.2) is 100 Å². The molecule has 0 spiro atoms. The smallest absolute Gasteiger partial charge is 0.0517 e. The van der Waals surface area contributed by atoms with E-state index < -0.39 is 0 Å². The van der Waals surface area contributed by atoms with Crippen LogP contribution >= 0.6 is 0 Å². The predicted molar refractivity (Wildman–Crippen MR) is 147 cm³/mol. The first-order valence-electron chi connectivity index (χ1n) is 12.4. The van der Waals surface area contributed by atoms with Crippen LogP contribution in [0.25, 0.3) is 0 Å². The highest BCUT2D eigenvalue weighted by Gasteiger charge is 2.02. The molecule has 1 heterocycles. The van der Waals surface area contributed by atoms with Crippen LogP contribution in [0.15, 0.2) is 68.5 Å². The van der Waals surface area contributed by atoms with E-state index in [-0.39, 0.29) is 0 Å². The Kier molecular flexibility index (Phi) is 11.4. The van der Waals surface area contributed by atoms with Gasteiger partial charge in [-0.1, -0.05) is 50.2 Å². The van der Waals surface area contributed by atoms with Crippen LogP contribution in [0, 0.1) is 0 Å². The van der Waals surface area contributed by atoms with Crippen molar-refractivity contribution in [1.29, 1.82) is 0 Å². The number of fused-ring (bicyclic) bond motifs is 4. The molecule has 1 aliphatic rings. The Bertz CT molecular complexity index is 832. The second kappa shape index (κ2) is 15.0. The number of benzene rings is 2. The molecule has 1 aliphatic heterocycles. The summed E-state index contributed by atoms with van der Waals surface area (Å²) in [4.78, 5) is 23.4. The van der Waals surface area contributed by atoms with E-state index in [0.717, 1.165) is 87.7 Å². The minimum absolute atomic E-state index is 0.782. The molecule has 0 saturated heterocycles. The Morgan fingerprint density at radius 2 is 0.824 bits per heavy atom. The van der Waals surface area contributed by atoms with E-state index in [9.17, 15) is 0 Å². The van der Waals surface area contributed by atoms with Gasteiger partial charge in [-0.2, -0.15) is 0 Å². The molecule has 0 saturated carbocycles. The van der Waals surface area contributed by atoms with Crippen LogP contribution < -0.4 is 0 Å². The molecular formula is C28H38N6. The molecular weight excluding hydrogens is 420 g/mol. The van der Waals surface area contributed by atoms with Gasteiger partial charge in [-0.15, -0.1) is 0 Å². The monoisotopic (exact) mass is 458 g/mol. The Morgan fingerprint density at radius 1 is 0.529 bits per heavy atom. The molecule has 0 amide bonds. The Hall–Kier alpha value is -2.96. The molecule has 0 aromatic heterocycles. The summed E-state index contributed by atoms with van der Waals surface area (Å²) < 4.78 is 0. The van der Waals surface area contributed by atoms with Gasteiger partial charge in [0.25, 0.3) is 0 Å². The lowest BCUT2D eigenvalue weighted by molar-refractivity contribution is 0.305. The van der Waals surface area contributed by atoms with Crippen LogP contribution in [0.1, 0.15) is 36.1 Å². The highest BCUT2D eigenvalue weighted by atomic mass is 15.1. The summed E-state index contributed by atoms with van der Waals surface area (Å²) in [7, 11) is 0. The van der Waals surface area contributed by atoms with Gasteiger partial charge in [0, 0.05) is 51.0 Å². The largest absolute Gasteiger partial charge is 0.300 e. The van der Waals surface area contributed by atoms with Crippen LogP contribution in [0.3, 0.4) is 0 Å². The minimum atomic E-state index is 0.782. The lowest BCUT2D eigenvalue weighted by Crippen LogP contribution is -2.29. The fourth-order valence-corrected chi connectivity index (χ4v) is 3.77. The van der Waals surface area contributed by atoms with Crippen molar-refractivity contribution in [3.63, 3.8) is 0 Å². The number of likely N-dealkylation sites (N-methyl/N-ethyl adjacent to an activating group) is 2. The Morgan fingerprint density at radius 3 is 1.09 bits per heavy atom. The molecule has 0 radical (unpaired) electrons. The first-order valence-corrected chi connectivity index (χ1v) is 12.4. The number of nitrogens with zero attached hydrogens (tertiary/aromatic N) is 6. The van der Waals surface area contributed by atoms with E-state index in [1.165, 1.54) is 0 Å². The predicted octanol–water partition coefficient (Wildman–Crippen LogP) is 3.72. The molecule has 4 bridgehead atoms. The molecule has 6 heteroatoms. The van der Waals surface area contributed by atoms with E-state index in [0.29, 0.717) is 0 Å². The molecule has 0 unspecified atom stereocenters.